The van der Waals surface area contributed by atoms with Crippen LogP contribution in [0.1, 0.15) is 0 Å². The number of H-pyrrole nitrogens is 2. The van der Waals surface area contributed by atoms with E-state index in [1.165, 1.54) is 0 Å². The summed E-state index contributed by atoms with van der Waals surface area (Å²) in [4.78, 5) is 10.9. The van der Waals surface area contributed by atoms with Crippen molar-refractivity contribution in [2.24, 2.45) is 0 Å². The second kappa shape index (κ2) is 7.34. The van der Waals surface area contributed by atoms with Gasteiger partial charge in [-0.15, -0.1) is 0 Å². The predicted octanol–water partition coefficient (Wildman–Crippen LogP) is 6.46. The lowest BCUT2D eigenvalue weighted by molar-refractivity contribution is 0.415. The molecule has 2 N–H and O–H groups in total. The summed E-state index contributed by atoms with van der Waals surface area (Å²) < 4.78 is 7.31. The molecule has 0 atom stereocenters. The number of aromatic amines is 2. The Balaban J connectivity index is 2.03. The van der Waals surface area contributed by atoms with Gasteiger partial charge in [0.15, 0.2) is 4.77 Å². The summed E-state index contributed by atoms with van der Waals surface area (Å²) in [6.45, 7) is 0. The number of pyridine rings is 1. The summed E-state index contributed by atoms with van der Waals surface area (Å²) in [5.41, 5.74) is 4.51. The van der Waals surface area contributed by atoms with Crippen LogP contribution in [-0.2, 0) is 0 Å². The van der Waals surface area contributed by atoms with Crippen LogP contribution in [0.15, 0.2) is 59.1 Å². The fourth-order valence-corrected chi connectivity index (χ4v) is 3.77. The highest BCUT2D eigenvalue weighted by Gasteiger charge is 2.12. The van der Waals surface area contributed by atoms with Crippen molar-refractivity contribution in [3.05, 3.63) is 68.5 Å². The van der Waals surface area contributed by atoms with Crippen LogP contribution in [0.5, 0.6) is 5.75 Å². The van der Waals surface area contributed by atoms with Gasteiger partial charge in [0, 0.05) is 10.0 Å². The average Bonchev–Trinajstić information content (AvgIpc) is 2.67. The van der Waals surface area contributed by atoms with Gasteiger partial charge < -0.3 is 14.7 Å². The first-order valence-electron chi connectivity index (χ1n) is 8.13. The van der Waals surface area contributed by atoms with E-state index in [9.17, 15) is 0 Å². The van der Waals surface area contributed by atoms with Crippen LogP contribution in [0, 0.1) is 9.41 Å². The molecule has 134 valence electrons. The Morgan fingerprint density at radius 3 is 2.26 bits per heavy atom. The number of rotatable bonds is 3. The van der Waals surface area contributed by atoms with E-state index < -0.39 is 0 Å². The second-order valence-electron chi connectivity index (χ2n) is 5.92. The molecule has 2 aromatic heterocycles. The number of aromatic nitrogens is 3. The molecule has 0 bridgehead atoms. The SMILES string of the molecule is COc1ccc(-c2cc(-c3ccc(Br)cc3)nc3[nH]c(=S)[nH]c(=S)c23)cc1. The predicted molar refractivity (Wildman–Crippen MR) is 117 cm³/mol. The number of benzene rings is 2. The van der Waals surface area contributed by atoms with Gasteiger partial charge in [0.2, 0.25) is 0 Å². The smallest absolute Gasteiger partial charge is 0.177 e. The van der Waals surface area contributed by atoms with Crippen molar-refractivity contribution in [3.8, 4) is 28.1 Å². The Morgan fingerprint density at radius 2 is 1.59 bits per heavy atom. The van der Waals surface area contributed by atoms with Crippen molar-refractivity contribution in [2.75, 3.05) is 7.11 Å². The van der Waals surface area contributed by atoms with Crippen LogP contribution in [-0.4, -0.2) is 22.1 Å². The number of hydrogen-bond acceptors (Lipinski definition) is 4. The molecule has 0 saturated carbocycles. The summed E-state index contributed by atoms with van der Waals surface area (Å²) in [5, 5.41) is 0.838. The maximum atomic E-state index is 5.54. The second-order valence-corrected chi connectivity index (χ2v) is 7.65. The van der Waals surface area contributed by atoms with E-state index in [1.54, 1.807) is 7.11 Å². The van der Waals surface area contributed by atoms with Crippen LogP contribution >= 0.6 is 40.4 Å². The third kappa shape index (κ3) is 3.58. The first-order chi connectivity index (χ1) is 13.0. The van der Waals surface area contributed by atoms with Crippen LogP contribution in [0.25, 0.3) is 33.4 Å². The van der Waals surface area contributed by atoms with Crippen molar-refractivity contribution < 1.29 is 4.74 Å². The monoisotopic (exact) mass is 455 g/mol. The van der Waals surface area contributed by atoms with Gasteiger partial charge in [0.25, 0.3) is 0 Å². The molecule has 27 heavy (non-hydrogen) atoms. The van der Waals surface area contributed by atoms with Gasteiger partial charge >= 0.3 is 0 Å². The summed E-state index contributed by atoms with van der Waals surface area (Å²) in [6.07, 6.45) is 0. The van der Waals surface area contributed by atoms with Gasteiger partial charge in [0.1, 0.15) is 16.0 Å². The van der Waals surface area contributed by atoms with Gasteiger partial charge in [-0.25, -0.2) is 4.98 Å². The maximum Gasteiger partial charge on any atom is 0.177 e. The molecule has 4 aromatic rings. The number of nitrogens with one attached hydrogen (secondary N) is 2. The largest absolute Gasteiger partial charge is 0.497 e. The molecular weight excluding hydrogens is 442 g/mol. The van der Waals surface area contributed by atoms with Crippen molar-refractivity contribution >= 4 is 51.4 Å². The molecular formula is C20H14BrN3OS2. The molecule has 0 fully saturated rings. The Bertz CT molecular complexity index is 1250. The number of nitrogens with zero attached hydrogens (tertiary/aromatic N) is 1. The zero-order valence-electron chi connectivity index (χ0n) is 14.2. The van der Waals surface area contributed by atoms with Gasteiger partial charge in [-0.1, -0.05) is 52.4 Å². The minimum Gasteiger partial charge on any atom is -0.497 e. The Hall–Kier alpha value is -2.35. The molecule has 7 heteroatoms. The number of halogens is 1. The molecule has 4 rings (SSSR count). The van der Waals surface area contributed by atoms with E-state index in [4.69, 9.17) is 34.2 Å². The molecule has 0 amide bonds. The minimum absolute atomic E-state index is 0.452. The molecule has 0 aliphatic heterocycles. The van der Waals surface area contributed by atoms with Gasteiger partial charge in [-0.05, 0) is 53.7 Å². The third-order valence-corrected chi connectivity index (χ3v) is 5.29. The van der Waals surface area contributed by atoms with Gasteiger partial charge in [-0.2, -0.15) is 0 Å². The molecule has 0 aliphatic rings. The third-order valence-electron chi connectivity index (χ3n) is 4.25. The summed E-state index contributed by atoms with van der Waals surface area (Å²) in [5.74, 6) is 0.801. The maximum absolute atomic E-state index is 5.54. The van der Waals surface area contributed by atoms with Crippen molar-refractivity contribution in [1.29, 1.82) is 0 Å². The number of fused-ring (bicyclic) bond motifs is 1. The quantitative estimate of drug-likeness (QED) is 0.348. The summed E-state index contributed by atoms with van der Waals surface area (Å²) >= 11 is 14.3. The lowest BCUT2D eigenvalue weighted by Crippen LogP contribution is -1.95. The highest BCUT2D eigenvalue weighted by Crippen LogP contribution is 2.33. The Labute approximate surface area is 174 Å². The van der Waals surface area contributed by atoms with E-state index in [0.717, 1.165) is 38.0 Å². The molecule has 0 aliphatic carbocycles. The highest BCUT2D eigenvalue weighted by atomic mass is 79.9. The zero-order valence-corrected chi connectivity index (χ0v) is 17.5. The topological polar surface area (TPSA) is 53.7 Å². The van der Waals surface area contributed by atoms with Crippen molar-refractivity contribution in [2.45, 2.75) is 0 Å². The normalized spacial score (nSPS) is 10.9. The average molecular weight is 456 g/mol. The number of hydrogen-bond donors (Lipinski definition) is 2. The van der Waals surface area contributed by atoms with Crippen LogP contribution in [0.4, 0.5) is 0 Å². The highest BCUT2D eigenvalue weighted by molar-refractivity contribution is 9.10. The number of methoxy groups -OCH3 is 1. The van der Waals surface area contributed by atoms with Crippen LogP contribution in [0.3, 0.4) is 0 Å². The van der Waals surface area contributed by atoms with Gasteiger partial charge in [-0.3, -0.25) is 0 Å². The summed E-state index contributed by atoms with van der Waals surface area (Å²) in [6, 6.07) is 18.0. The van der Waals surface area contributed by atoms with E-state index >= 15 is 0 Å². The molecule has 0 spiro atoms. The van der Waals surface area contributed by atoms with Crippen LogP contribution < -0.4 is 4.74 Å². The lowest BCUT2D eigenvalue weighted by atomic mass is 10.0. The summed E-state index contributed by atoms with van der Waals surface area (Å²) in [7, 11) is 1.65. The fraction of sp³-hybridized carbons (Fsp3) is 0.0500. The zero-order chi connectivity index (χ0) is 19.0. The first kappa shape index (κ1) is 18.0. The minimum atomic E-state index is 0.452. The van der Waals surface area contributed by atoms with Crippen molar-refractivity contribution in [1.82, 2.24) is 15.0 Å². The van der Waals surface area contributed by atoms with E-state index in [2.05, 4.69) is 25.9 Å². The van der Waals surface area contributed by atoms with Crippen molar-refractivity contribution in [3.63, 3.8) is 0 Å². The Kier molecular flexibility index (Phi) is 4.90. The molecule has 4 nitrogen and oxygen atoms in total. The van der Waals surface area contributed by atoms with E-state index in [-0.39, 0.29) is 0 Å². The Morgan fingerprint density at radius 1 is 0.926 bits per heavy atom. The lowest BCUT2D eigenvalue weighted by Gasteiger charge is -2.11. The van der Waals surface area contributed by atoms with Crippen LogP contribution in [0.2, 0.25) is 0 Å². The standard InChI is InChI=1S/C20H14BrN3OS2/c1-25-14-8-4-11(5-9-14)15-10-16(12-2-6-13(21)7-3-12)22-18-17(15)19(26)24-20(27)23-18/h2-10H,1H3,(H2,22,23,24,26,27). The molecule has 0 saturated heterocycles. The molecule has 2 heterocycles. The number of ether oxygens (including phenoxy) is 1. The van der Waals surface area contributed by atoms with E-state index in [1.807, 2.05) is 54.6 Å². The van der Waals surface area contributed by atoms with Gasteiger partial charge in [0.05, 0.1) is 18.2 Å². The fourth-order valence-electron chi connectivity index (χ4n) is 2.94. The molecule has 0 unspecified atom stereocenters. The molecule has 2 aromatic carbocycles. The molecule has 0 radical (unpaired) electrons. The first-order valence-corrected chi connectivity index (χ1v) is 9.74. The van der Waals surface area contributed by atoms with E-state index in [0.29, 0.717) is 15.1 Å².